The summed E-state index contributed by atoms with van der Waals surface area (Å²) in [7, 11) is 1.38. The second-order valence-corrected chi connectivity index (χ2v) is 3.99. The molecular weight excluding hydrogens is 259 g/mol. The molecule has 19 heavy (non-hydrogen) atoms. The highest BCUT2D eigenvalue weighted by molar-refractivity contribution is 5.63. The number of nitrogens with two attached hydrogens (primary N) is 1. The van der Waals surface area contributed by atoms with E-state index < -0.39 is 17.3 Å². The summed E-state index contributed by atoms with van der Waals surface area (Å²) in [6.45, 7) is 0. The molecule has 0 aliphatic rings. The van der Waals surface area contributed by atoms with Gasteiger partial charge in [0.15, 0.2) is 0 Å². The Morgan fingerprint density at radius 3 is 2.53 bits per heavy atom. The lowest BCUT2D eigenvalue weighted by molar-refractivity contribution is -0.137. The van der Waals surface area contributed by atoms with E-state index in [0.717, 1.165) is 16.8 Å². The quantitative estimate of drug-likeness (QED) is 0.861. The van der Waals surface area contributed by atoms with Gasteiger partial charge in [-0.25, -0.2) is 4.68 Å². The van der Waals surface area contributed by atoms with Gasteiger partial charge in [0.2, 0.25) is 0 Å². The van der Waals surface area contributed by atoms with Gasteiger partial charge in [0.05, 0.1) is 11.3 Å². The summed E-state index contributed by atoms with van der Waals surface area (Å²) in [5.74, 6) is 0. The summed E-state index contributed by atoms with van der Waals surface area (Å²) < 4.78 is 38.8. The molecule has 2 rings (SSSR count). The SMILES string of the molecule is Cn1nc(-c2cccc(C(F)(F)F)c2)cc(N)c1=O. The fourth-order valence-electron chi connectivity index (χ4n) is 1.63. The number of halogens is 3. The number of nitrogens with zero attached hydrogens (tertiary/aromatic N) is 2. The van der Waals surface area contributed by atoms with E-state index in [4.69, 9.17) is 5.73 Å². The van der Waals surface area contributed by atoms with Gasteiger partial charge in [0.25, 0.3) is 5.56 Å². The topological polar surface area (TPSA) is 60.9 Å². The molecule has 0 bridgehead atoms. The zero-order valence-corrected chi connectivity index (χ0v) is 9.90. The van der Waals surface area contributed by atoms with Crippen LogP contribution in [0.25, 0.3) is 11.3 Å². The highest BCUT2D eigenvalue weighted by Crippen LogP contribution is 2.31. The summed E-state index contributed by atoms with van der Waals surface area (Å²) in [5.41, 5.74) is 4.61. The van der Waals surface area contributed by atoms with E-state index in [1.807, 2.05) is 0 Å². The van der Waals surface area contributed by atoms with Gasteiger partial charge in [-0.2, -0.15) is 18.3 Å². The van der Waals surface area contributed by atoms with Crippen LogP contribution in [0.5, 0.6) is 0 Å². The standard InChI is InChI=1S/C12H10F3N3O/c1-18-11(19)9(16)6-10(17-18)7-3-2-4-8(5-7)12(13,14)15/h2-6H,16H2,1H3. The van der Waals surface area contributed by atoms with E-state index >= 15 is 0 Å². The van der Waals surface area contributed by atoms with Gasteiger partial charge >= 0.3 is 6.18 Å². The molecule has 0 radical (unpaired) electrons. The Morgan fingerprint density at radius 1 is 1.26 bits per heavy atom. The van der Waals surface area contributed by atoms with Crippen molar-refractivity contribution in [1.29, 1.82) is 0 Å². The van der Waals surface area contributed by atoms with Crippen molar-refractivity contribution in [3.05, 3.63) is 46.2 Å². The fraction of sp³-hybridized carbons (Fsp3) is 0.167. The lowest BCUT2D eigenvalue weighted by atomic mass is 10.1. The number of alkyl halides is 3. The van der Waals surface area contributed by atoms with E-state index in [2.05, 4.69) is 5.10 Å². The molecule has 0 aliphatic carbocycles. The Morgan fingerprint density at radius 2 is 1.95 bits per heavy atom. The number of aryl methyl sites for hydroxylation is 1. The average molecular weight is 269 g/mol. The smallest absolute Gasteiger partial charge is 0.394 e. The maximum Gasteiger partial charge on any atom is 0.416 e. The highest BCUT2D eigenvalue weighted by atomic mass is 19.4. The zero-order valence-electron chi connectivity index (χ0n) is 9.90. The molecule has 7 heteroatoms. The number of aromatic nitrogens is 2. The van der Waals surface area contributed by atoms with Crippen LogP contribution in [-0.4, -0.2) is 9.78 Å². The van der Waals surface area contributed by atoms with Crippen LogP contribution in [0.2, 0.25) is 0 Å². The first kappa shape index (κ1) is 13.1. The molecule has 0 saturated heterocycles. The Kier molecular flexibility index (Phi) is 3.05. The summed E-state index contributed by atoms with van der Waals surface area (Å²) in [6.07, 6.45) is -4.43. The normalized spacial score (nSPS) is 11.6. The van der Waals surface area contributed by atoms with Crippen molar-refractivity contribution >= 4 is 5.69 Å². The molecule has 0 fully saturated rings. The molecule has 0 unspecified atom stereocenters. The predicted molar refractivity (Wildman–Crippen MR) is 64.3 cm³/mol. The molecule has 1 aromatic heterocycles. The Labute approximate surface area is 106 Å². The number of benzene rings is 1. The monoisotopic (exact) mass is 269 g/mol. The number of nitrogen functional groups attached to an aromatic ring is 1. The number of rotatable bonds is 1. The van der Waals surface area contributed by atoms with Crippen molar-refractivity contribution in [2.75, 3.05) is 5.73 Å². The van der Waals surface area contributed by atoms with Crippen molar-refractivity contribution in [3.8, 4) is 11.3 Å². The molecule has 2 aromatic rings. The average Bonchev–Trinajstić information content (AvgIpc) is 2.34. The van der Waals surface area contributed by atoms with Gasteiger partial charge in [-0.3, -0.25) is 4.79 Å². The minimum absolute atomic E-state index is 0.0649. The van der Waals surface area contributed by atoms with Gasteiger partial charge in [-0.15, -0.1) is 0 Å². The molecule has 2 N–H and O–H groups in total. The molecule has 1 aromatic carbocycles. The van der Waals surface area contributed by atoms with Gasteiger partial charge in [-0.05, 0) is 18.2 Å². The Hall–Kier alpha value is -2.31. The van der Waals surface area contributed by atoms with E-state index in [1.54, 1.807) is 0 Å². The minimum atomic E-state index is -4.43. The molecule has 0 atom stereocenters. The minimum Gasteiger partial charge on any atom is -0.394 e. The first-order chi connectivity index (χ1) is 8.79. The molecule has 0 saturated carbocycles. The molecule has 0 amide bonds. The molecular formula is C12H10F3N3O. The number of hydrogen-bond acceptors (Lipinski definition) is 3. The van der Waals surface area contributed by atoms with Gasteiger partial charge < -0.3 is 5.73 Å². The van der Waals surface area contributed by atoms with Crippen LogP contribution in [0.15, 0.2) is 35.1 Å². The largest absolute Gasteiger partial charge is 0.416 e. The predicted octanol–water partition coefficient (Wildman–Crippen LogP) is 2.05. The van der Waals surface area contributed by atoms with Crippen LogP contribution in [0, 0.1) is 0 Å². The van der Waals surface area contributed by atoms with Crippen LogP contribution >= 0.6 is 0 Å². The Bertz CT molecular complexity index is 650. The van der Waals surface area contributed by atoms with Gasteiger partial charge in [0, 0.05) is 12.6 Å². The van der Waals surface area contributed by atoms with Crippen LogP contribution in [0.3, 0.4) is 0 Å². The maximum absolute atomic E-state index is 12.6. The number of hydrogen-bond donors (Lipinski definition) is 1. The van der Waals surface area contributed by atoms with Crippen molar-refractivity contribution in [2.24, 2.45) is 7.05 Å². The third kappa shape index (κ3) is 2.59. The van der Waals surface area contributed by atoms with E-state index in [1.165, 1.54) is 25.2 Å². The summed E-state index contributed by atoms with van der Waals surface area (Å²) in [4.78, 5) is 11.4. The van der Waals surface area contributed by atoms with Crippen molar-refractivity contribution < 1.29 is 13.2 Å². The van der Waals surface area contributed by atoms with Crippen molar-refractivity contribution in [2.45, 2.75) is 6.18 Å². The first-order valence-electron chi connectivity index (χ1n) is 5.30. The van der Waals surface area contributed by atoms with E-state index in [-0.39, 0.29) is 16.9 Å². The first-order valence-corrected chi connectivity index (χ1v) is 5.30. The van der Waals surface area contributed by atoms with E-state index in [9.17, 15) is 18.0 Å². The number of anilines is 1. The third-order valence-corrected chi connectivity index (χ3v) is 2.58. The molecule has 0 aliphatic heterocycles. The maximum atomic E-state index is 12.6. The fourth-order valence-corrected chi connectivity index (χ4v) is 1.63. The van der Waals surface area contributed by atoms with E-state index in [0.29, 0.717) is 0 Å². The highest BCUT2D eigenvalue weighted by Gasteiger charge is 2.30. The summed E-state index contributed by atoms with van der Waals surface area (Å²) in [5, 5.41) is 3.88. The van der Waals surface area contributed by atoms with Gasteiger partial charge in [0.1, 0.15) is 5.69 Å². The molecule has 4 nitrogen and oxygen atoms in total. The van der Waals surface area contributed by atoms with Crippen LogP contribution in [0.4, 0.5) is 18.9 Å². The second kappa shape index (κ2) is 4.42. The Balaban J connectivity index is 2.57. The molecule has 100 valence electrons. The van der Waals surface area contributed by atoms with Crippen LogP contribution < -0.4 is 11.3 Å². The summed E-state index contributed by atoms with van der Waals surface area (Å²) in [6, 6.07) is 5.95. The lowest BCUT2D eigenvalue weighted by Crippen LogP contribution is -2.22. The van der Waals surface area contributed by atoms with Crippen LogP contribution in [0.1, 0.15) is 5.56 Å². The molecule has 0 spiro atoms. The third-order valence-electron chi connectivity index (χ3n) is 2.58. The van der Waals surface area contributed by atoms with Crippen molar-refractivity contribution in [3.63, 3.8) is 0 Å². The zero-order chi connectivity index (χ0) is 14.2. The van der Waals surface area contributed by atoms with Crippen LogP contribution in [-0.2, 0) is 13.2 Å². The van der Waals surface area contributed by atoms with Crippen molar-refractivity contribution in [1.82, 2.24) is 9.78 Å². The second-order valence-electron chi connectivity index (χ2n) is 3.99. The summed E-state index contributed by atoms with van der Waals surface area (Å²) >= 11 is 0. The molecule has 1 heterocycles. The lowest BCUT2D eigenvalue weighted by Gasteiger charge is -2.09. The van der Waals surface area contributed by atoms with Gasteiger partial charge in [-0.1, -0.05) is 12.1 Å².